The number of methoxy groups -OCH3 is 1. The smallest absolute Gasteiger partial charge is 0.224 e. The highest BCUT2D eigenvalue weighted by Crippen LogP contribution is 2.29. The van der Waals surface area contributed by atoms with Gasteiger partial charge in [0, 0.05) is 34.4 Å². The number of hydrogen-bond acceptors (Lipinski definition) is 6. The Labute approximate surface area is 191 Å². The molecule has 7 nitrogen and oxygen atoms in total. The first-order chi connectivity index (χ1) is 15.8. The summed E-state index contributed by atoms with van der Waals surface area (Å²) in [4.78, 5) is 38.0. The van der Waals surface area contributed by atoms with Gasteiger partial charge in [0.25, 0.3) is 0 Å². The van der Waals surface area contributed by atoms with Crippen molar-refractivity contribution in [3.63, 3.8) is 0 Å². The van der Waals surface area contributed by atoms with Crippen LogP contribution < -0.4 is 10.1 Å². The van der Waals surface area contributed by atoms with Gasteiger partial charge in [-0.05, 0) is 48.9 Å². The molecule has 0 saturated heterocycles. The molecule has 0 heterocycles. The van der Waals surface area contributed by atoms with Crippen LogP contribution in [0.2, 0.25) is 0 Å². The summed E-state index contributed by atoms with van der Waals surface area (Å²) in [6.07, 6.45) is 0.123. The second-order valence-corrected chi connectivity index (χ2v) is 9.72. The summed E-state index contributed by atoms with van der Waals surface area (Å²) in [5.41, 5.74) is 1.60. The summed E-state index contributed by atoms with van der Waals surface area (Å²) >= 11 is 0. The van der Waals surface area contributed by atoms with Gasteiger partial charge in [0.15, 0.2) is 21.4 Å². The number of carbonyl (C=O) groups is 3. The van der Waals surface area contributed by atoms with Crippen LogP contribution >= 0.6 is 0 Å². The minimum absolute atomic E-state index is 0.0117. The van der Waals surface area contributed by atoms with Gasteiger partial charge in [0.2, 0.25) is 5.91 Å². The third-order valence-corrected chi connectivity index (χ3v) is 7.26. The first kappa shape index (κ1) is 22.4. The predicted molar refractivity (Wildman–Crippen MR) is 123 cm³/mol. The van der Waals surface area contributed by atoms with E-state index in [0.29, 0.717) is 28.1 Å². The summed E-state index contributed by atoms with van der Waals surface area (Å²) < 4.78 is 29.9. The van der Waals surface area contributed by atoms with Gasteiger partial charge in [-0.2, -0.15) is 0 Å². The molecule has 4 rings (SSSR count). The van der Waals surface area contributed by atoms with Crippen LogP contribution in [0.5, 0.6) is 5.75 Å². The standard InChI is InChI=1S/C25H21NO6S/c1-32-17-9-11-18(12-10-17)33(30,31)14-4-7-23(27)26-16-8-13-21-22(15-16)25(29)20-6-3-2-5-19(20)24(21)28/h2-3,5-6,8-13,15H,4,7,14H2,1H3,(H,26,27). The maximum absolute atomic E-state index is 12.8. The van der Waals surface area contributed by atoms with Crippen LogP contribution in [0.1, 0.15) is 44.7 Å². The highest BCUT2D eigenvalue weighted by molar-refractivity contribution is 7.91. The molecule has 0 spiro atoms. The zero-order chi connectivity index (χ0) is 23.6. The quantitative estimate of drug-likeness (QED) is 0.448. The number of fused-ring (bicyclic) bond motifs is 2. The van der Waals surface area contributed by atoms with Gasteiger partial charge in [0.05, 0.1) is 17.8 Å². The molecule has 0 fully saturated rings. The largest absolute Gasteiger partial charge is 0.497 e. The third-order valence-electron chi connectivity index (χ3n) is 5.44. The maximum atomic E-state index is 12.8. The molecule has 1 aliphatic rings. The molecular weight excluding hydrogens is 442 g/mol. The Bertz CT molecular complexity index is 1360. The monoisotopic (exact) mass is 463 g/mol. The van der Waals surface area contributed by atoms with Crippen molar-refractivity contribution < 1.29 is 27.5 Å². The van der Waals surface area contributed by atoms with Crippen molar-refractivity contribution in [1.82, 2.24) is 0 Å². The molecule has 33 heavy (non-hydrogen) atoms. The lowest BCUT2D eigenvalue weighted by Gasteiger charge is -2.18. The first-order valence-electron chi connectivity index (χ1n) is 10.3. The number of ketones is 2. The Morgan fingerprint density at radius 3 is 2.09 bits per heavy atom. The van der Waals surface area contributed by atoms with Crippen molar-refractivity contribution in [3.05, 3.63) is 89.0 Å². The summed E-state index contributed by atoms with van der Waals surface area (Å²) in [5.74, 6) is -0.513. The van der Waals surface area contributed by atoms with E-state index in [1.54, 1.807) is 42.5 Å². The maximum Gasteiger partial charge on any atom is 0.224 e. The summed E-state index contributed by atoms with van der Waals surface area (Å²) in [6.45, 7) is 0. The average Bonchev–Trinajstić information content (AvgIpc) is 2.82. The van der Waals surface area contributed by atoms with Crippen molar-refractivity contribution in [1.29, 1.82) is 0 Å². The lowest BCUT2D eigenvalue weighted by atomic mass is 9.84. The second-order valence-electron chi connectivity index (χ2n) is 7.61. The molecule has 0 radical (unpaired) electrons. The topological polar surface area (TPSA) is 107 Å². The predicted octanol–water partition coefficient (Wildman–Crippen LogP) is 3.66. The van der Waals surface area contributed by atoms with E-state index in [2.05, 4.69) is 5.32 Å². The summed E-state index contributed by atoms with van der Waals surface area (Å²) in [5, 5.41) is 2.68. The van der Waals surface area contributed by atoms with E-state index in [1.807, 2.05) is 0 Å². The molecule has 0 atom stereocenters. The molecule has 8 heteroatoms. The lowest BCUT2D eigenvalue weighted by molar-refractivity contribution is -0.116. The summed E-state index contributed by atoms with van der Waals surface area (Å²) in [6, 6.07) is 17.3. The van der Waals surface area contributed by atoms with Crippen LogP contribution in [0.25, 0.3) is 0 Å². The van der Waals surface area contributed by atoms with Gasteiger partial charge in [-0.25, -0.2) is 8.42 Å². The molecular formula is C25H21NO6S. The molecule has 3 aromatic carbocycles. The number of nitrogens with one attached hydrogen (secondary N) is 1. The van der Waals surface area contributed by atoms with E-state index in [1.165, 1.54) is 31.4 Å². The Balaban J connectivity index is 1.39. The SMILES string of the molecule is COc1ccc(S(=O)(=O)CCCC(=O)Nc2ccc3c(c2)C(=O)c2ccccc2C3=O)cc1. The lowest BCUT2D eigenvalue weighted by Crippen LogP contribution is -2.21. The van der Waals surface area contributed by atoms with E-state index < -0.39 is 9.84 Å². The van der Waals surface area contributed by atoms with Gasteiger partial charge < -0.3 is 10.1 Å². The molecule has 0 aliphatic heterocycles. The first-order valence-corrected chi connectivity index (χ1v) is 11.9. The third kappa shape index (κ3) is 4.56. The van der Waals surface area contributed by atoms with Crippen molar-refractivity contribution in [2.24, 2.45) is 0 Å². The zero-order valence-corrected chi connectivity index (χ0v) is 18.6. The van der Waals surface area contributed by atoms with E-state index >= 15 is 0 Å². The van der Waals surface area contributed by atoms with Crippen molar-refractivity contribution in [3.8, 4) is 5.75 Å². The van der Waals surface area contributed by atoms with Crippen molar-refractivity contribution in [2.75, 3.05) is 18.2 Å². The van der Waals surface area contributed by atoms with Crippen molar-refractivity contribution >= 4 is 33.0 Å². The van der Waals surface area contributed by atoms with Gasteiger partial charge in [0.1, 0.15) is 5.75 Å². The van der Waals surface area contributed by atoms with Gasteiger partial charge in [-0.15, -0.1) is 0 Å². The molecule has 3 aromatic rings. The molecule has 0 aromatic heterocycles. The molecule has 1 N–H and O–H groups in total. The minimum atomic E-state index is -3.53. The Morgan fingerprint density at radius 2 is 1.45 bits per heavy atom. The van der Waals surface area contributed by atoms with Gasteiger partial charge in [-0.3, -0.25) is 14.4 Å². The molecule has 0 saturated carbocycles. The Morgan fingerprint density at radius 1 is 0.848 bits per heavy atom. The fraction of sp³-hybridized carbons (Fsp3) is 0.160. The Hall–Kier alpha value is -3.78. The van der Waals surface area contributed by atoms with Crippen LogP contribution in [0.4, 0.5) is 5.69 Å². The number of hydrogen-bond donors (Lipinski definition) is 1. The van der Waals surface area contributed by atoms with Gasteiger partial charge >= 0.3 is 0 Å². The number of anilines is 1. The molecule has 1 aliphatic carbocycles. The van der Waals surface area contributed by atoms with Crippen LogP contribution in [0.3, 0.4) is 0 Å². The van der Waals surface area contributed by atoms with E-state index in [0.717, 1.165) is 0 Å². The molecule has 0 bridgehead atoms. The van der Waals surface area contributed by atoms with Crippen molar-refractivity contribution in [2.45, 2.75) is 17.7 Å². The number of rotatable bonds is 7. The van der Waals surface area contributed by atoms with E-state index in [9.17, 15) is 22.8 Å². The highest BCUT2D eigenvalue weighted by atomic mass is 32.2. The number of carbonyl (C=O) groups excluding carboxylic acids is 3. The highest BCUT2D eigenvalue weighted by Gasteiger charge is 2.29. The molecule has 1 amide bonds. The Kier molecular flexibility index (Phi) is 6.11. The fourth-order valence-corrected chi connectivity index (χ4v) is 5.04. The summed E-state index contributed by atoms with van der Waals surface area (Å²) in [7, 11) is -2.03. The fourth-order valence-electron chi connectivity index (χ4n) is 3.72. The minimum Gasteiger partial charge on any atom is -0.497 e. The number of amides is 1. The number of ether oxygens (including phenoxy) is 1. The second kappa shape index (κ2) is 8.99. The van der Waals surface area contributed by atoms with Crippen LogP contribution in [-0.2, 0) is 14.6 Å². The molecule has 0 unspecified atom stereocenters. The van der Waals surface area contributed by atoms with Crippen LogP contribution in [0.15, 0.2) is 71.6 Å². The number of sulfone groups is 1. The average molecular weight is 464 g/mol. The van der Waals surface area contributed by atoms with Gasteiger partial charge in [-0.1, -0.05) is 24.3 Å². The van der Waals surface area contributed by atoms with E-state index in [4.69, 9.17) is 4.74 Å². The van der Waals surface area contributed by atoms with E-state index in [-0.39, 0.29) is 46.5 Å². The normalized spacial score (nSPS) is 12.6. The molecule has 168 valence electrons. The van der Waals surface area contributed by atoms with Crippen LogP contribution in [-0.4, -0.2) is 38.8 Å². The number of benzene rings is 3. The zero-order valence-electron chi connectivity index (χ0n) is 17.8. The van der Waals surface area contributed by atoms with Crippen LogP contribution in [0, 0.1) is 0 Å².